The van der Waals surface area contributed by atoms with Crippen LogP contribution < -0.4 is 5.32 Å². The number of oxime groups is 2. The SMILES string of the molecule is O=C(CON=C1/C=C/CC/C=C/CCOC(=O)c2c(O)cc(O)c(Cl)c2C1)NCc1ccccc1.O=C1OCC/C=C/CC/C=C/C(=NOCC(=O)N2CCOCC2)Cc2c(Cl)c(O)cc(O)c21. The number of cyclic esters (lactones) is 2. The topological polar surface area (TPSA) is 235 Å². The van der Waals surface area contributed by atoms with Crippen molar-refractivity contribution >= 4 is 58.4 Å². The van der Waals surface area contributed by atoms with Gasteiger partial charge in [0, 0.05) is 44.6 Å². The minimum absolute atomic E-state index is 0.0384. The second-order valence-electron chi connectivity index (χ2n) is 15.2. The van der Waals surface area contributed by atoms with Crippen LogP contribution in [0.15, 0.2) is 101 Å². The smallest absolute Gasteiger partial charge is 0.342 e. The van der Waals surface area contributed by atoms with E-state index in [1.54, 1.807) is 17.1 Å². The molecule has 0 saturated carbocycles. The number of aromatic hydroxyl groups is 4. The lowest BCUT2D eigenvalue weighted by atomic mass is 9.99. The van der Waals surface area contributed by atoms with Crippen molar-refractivity contribution in [1.29, 1.82) is 0 Å². The lowest BCUT2D eigenvalue weighted by Gasteiger charge is -2.26. The fourth-order valence-corrected chi connectivity index (χ4v) is 7.17. The van der Waals surface area contributed by atoms with E-state index in [1.165, 1.54) is 0 Å². The zero-order valence-corrected chi connectivity index (χ0v) is 38.8. The minimum Gasteiger partial charge on any atom is -0.507 e. The number of esters is 2. The first-order valence-corrected chi connectivity index (χ1v) is 22.7. The van der Waals surface area contributed by atoms with E-state index in [0.29, 0.717) is 57.1 Å². The van der Waals surface area contributed by atoms with Gasteiger partial charge in [-0.05, 0) is 67.4 Å². The van der Waals surface area contributed by atoms with Gasteiger partial charge in [0.1, 0.15) is 34.1 Å². The third-order valence-electron chi connectivity index (χ3n) is 10.2. The van der Waals surface area contributed by atoms with Crippen LogP contribution in [0.4, 0.5) is 0 Å². The fraction of sp³-hybridized carbons (Fsp3) is 0.347. The van der Waals surface area contributed by atoms with Gasteiger partial charge < -0.3 is 54.5 Å². The van der Waals surface area contributed by atoms with Gasteiger partial charge in [0.05, 0.1) is 47.9 Å². The summed E-state index contributed by atoms with van der Waals surface area (Å²) in [5.41, 5.74) is 1.63. The van der Waals surface area contributed by atoms with Gasteiger partial charge in [0.2, 0.25) is 0 Å². The summed E-state index contributed by atoms with van der Waals surface area (Å²) >= 11 is 12.6. The highest BCUT2D eigenvalue weighted by Gasteiger charge is 2.26. The number of rotatable bonds is 8. The number of nitrogens with zero attached hydrogens (tertiary/aromatic N) is 3. The Balaban J connectivity index is 0.000000255. The van der Waals surface area contributed by atoms with Crippen LogP contribution in [-0.4, -0.2) is 113 Å². The maximum absolute atomic E-state index is 12.7. The van der Waals surface area contributed by atoms with E-state index in [4.69, 9.17) is 47.1 Å². The molecule has 3 aromatic carbocycles. The average Bonchev–Trinajstić information content (AvgIpc) is 3.33. The number of carbonyl (C=O) groups excluding carboxylic acids is 4. The van der Waals surface area contributed by atoms with Crippen molar-refractivity contribution in [3.05, 3.63) is 129 Å². The molecule has 3 heterocycles. The Kier molecular flexibility index (Phi) is 21.3. The predicted molar refractivity (Wildman–Crippen MR) is 254 cm³/mol. The molecule has 3 aliphatic heterocycles. The van der Waals surface area contributed by atoms with E-state index in [0.717, 1.165) is 43.4 Å². The van der Waals surface area contributed by atoms with Crippen molar-refractivity contribution < 1.29 is 63.5 Å². The van der Waals surface area contributed by atoms with E-state index in [-0.39, 0.29) is 94.9 Å². The summed E-state index contributed by atoms with van der Waals surface area (Å²) in [6.07, 6.45) is 18.9. The molecule has 0 radical (unpaired) electrons. The molecular weight excluding hydrogens is 923 g/mol. The van der Waals surface area contributed by atoms with Gasteiger partial charge in [-0.25, -0.2) is 9.59 Å². The number of amides is 2. The number of hydrogen-bond donors (Lipinski definition) is 5. The number of phenolic OH excluding ortho intramolecular Hbond substituents is 4. The highest BCUT2D eigenvalue weighted by Crippen LogP contribution is 2.38. The van der Waals surface area contributed by atoms with Crippen LogP contribution in [0.1, 0.15) is 75.9 Å². The standard InChI is InChI=1S/C26H27ClN2O6.C23H27ClN2O7/c27-25-20-14-19(29-35-17-23(32)28-16-18-10-6-5-7-11-18)12-8-3-1-2-4-9-13-34-26(33)24(20)21(30)15-22(25)31;24-22-17-13-16(25-33-15-20(29)26-8-11-31-12-9-26)7-5-3-1-2-4-6-10-32-23(30)21(17)18(27)14-19(22)28/h2,4-8,10-12,15,30-31H,1,3,9,13-14,16-17H2,(H,28,32);2,4-5,7,14,27-28H,1,3,6,8-13,15H2/b4-2+,12-8+,29-19?;4-2+,7-5+,25-16?. The molecule has 3 aliphatic rings. The Labute approximate surface area is 403 Å². The molecule has 0 aliphatic carbocycles. The van der Waals surface area contributed by atoms with Crippen molar-refractivity contribution in [3.63, 3.8) is 0 Å². The molecule has 3 aromatic rings. The predicted octanol–water partition coefficient (Wildman–Crippen LogP) is 7.41. The Morgan fingerprint density at radius 2 is 1.10 bits per heavy atom. The van der Waals surface area contributed by atoms with E-state index in [1.807, 2.05) is 66.8 Å². The molecular formula is C49H54Cl2N4O13. The molecule has 6 rings (SSSR count). The normalized spacial score (nSPS) is 19.2. The van der Waals surface area contributed by atoms with Gasteiger partial charge in [0.25, 0.3) is 11.8 Å². The molecule has 0 bridgehead atoms. The quantitative estimate of drug-likeness (QED) is 0.0841. The maximum Gasteiger partial charge on any atom is 0.342 e. The molecule has 0 aromatic heterocycles. The Morgan fingerprint density at radius 1 is 0.632 bits per heavy atom. The summed E-state index contributed by atoms with van der Waals surface area (Å²) in [6.45, 7) is 2.00. The number of carbonyl (C=O) groups is 4. The molecule has 1 fully saturated rings. The number of phenols is 4. The van der Waals surface area contributed by atoms with Gasteiger partial charge in [-0.15, -0.1) is 0 Å². The maximum atomic E-state index is 12.7. The van der Waals surface area contributed by atoms with E-state index in [2.05, 4.69) is 15.6 Å². The zero-order valence-electron chi connectivity index (χ0n) is 37.2. The van der Waals surface area contributed by atoms with Crippen LogP contribution in [0.3, 0.4) is 0 Å². The third-order valence-corrected chi connectivity index (χ3v) is 11.0. The van der Waals surface area contributed by atoms with Gasteiger partial charge in [-0.1, -0.05) is 100 Å². The van der Waals surface area contributed by atoms with Gasteiger partial charge in [0.15, 0.2) is 13.2 Å². The largest absolute Gasteiger partial charge is 0.507 e. The molecule has 0 atom stereocenters. The summed E-state index contributed by atoms with van der Waals surface area (Å²) in [6, 6.07) is 11.4. The highest BCUT2D eigenvalue weighted by molar-refractivity contribution is 6.34. The van der Waals surface area contributed by atoms with Crippen LogP contribution >= 0.6 is 23.2 Å². The number of benzene rings is 3. The summed E-state index contributed by atoms with van der Waals surface area (Å²) in [4.78, 5) is 62.0. The molecule has 0 spiro atoms. The third kappa shape index (κ3) is 16.5. The van der Waals surface area contributed by atoms with Gasteiger partial charge >= 0.3 is 11.9 Å². The lowest BCUT2D eigenvalue weighted by molar-refractivity contribution is -0.140. The summed E-state index contributed by atoms with van der Waals surface area (Å²) in [7, 11) is 0. The van der Waals surface area contributed by atoms with Crippen LogP contribution in [0.25, 0.3) is 0 Å². The van der Waals surface area contributed by atoms with Crippen molar-refractivity contribution in [1.82, 2.24) is 10.2 Å². The fourth-order valence-electron chi connectivity index (χ4n) is 6.74. The van der Waals surface area contributed by atoms with E-state index in [9.17, 15) is 39.6 Å². The van der Waals surface area contributed by atoms with Crippen molar-refractivity contribution in [2.75, 3.05) is 52.7 Å². The minimum atomic E-state index is -0.769. The monoisotopic (exact) mass is 976 g/mol. The summed E-state index contributed by atoms with van der Waals surface area (Å²) in [5.74, 6) is -3.78. The Morgan fingerprint density at radius 3 is 1.62 bits per heavy atom. The van der Waals surface area contributed by atoms with E-state index >= 15 is 0 Å². The Hall–Kier alpha value is -6.82. The second kappa shape index (κ2) is 27.7. The number of morpholine rings is 1. The number of hydrogen-bond acceptors (Lipinski definition) is 15. The molecule has 0 unspecified atom stereocenters. The number of ether oxygens (including phenoxy) is 3. The highest BCUT2D eigenvalue weighted by atomic mass is 35.5. The summed E-state index contributed by atoms with van der Waals surface area (Å²) < 4.78 is 15.8. The van der Waals surface area contributed by atoms with Crippen LogP contribution in [0, 0.1) is 0 Å². The molecule has 17 nitrogen and oxygen atoms in total. The van der Waals surface area contributed by atoms with Gasteiger partial charge in [-0.2, -0.15) is 0 Å². The second-order valence-corrected chi connectivity index (χ2v) is 16.0. The van der Waals surface area contributed by atoms with Crippen LogP contribution in [0.5, 0.6) is 23.0 Å². The first kappa shape index (κ1) is 52.2. The van der Waals surface area contributed by atoms with E-state index < -0.39 is 23.4 Å². The molecule has 5 N–H and O–H groups in total. The Bertz CT molecular complexity index is 2410. The van der Waals surface area contributed by atoms with Crippen molar-refractivity contribution in [3.8, 4) is 23.0 Å². The first-order valence-electron chi connectivity index (χ1n) is 21.9. The first-order chi connectivity index (χ1) is 32.9. The van der Waals surface area contributed by atoms with Crippen LogP contribution in [0.2, 0.25) is 10.0 Å². The number of halogens is 2. The van der Waals surface area contributed by atoms with Crippen LogP contribution in [-0.2, 0) is 52.9 Å². The molecule has 1 saturated heterocycles. The molecule has 68 heavy (non-hydrogen) atoms. The zero-order chi connectivity index (χ0) is 48.7. The van der Waals surface area contributed by atoms with Crippen molar-refractivity contribution in [2.24, 2.45) is 10.3 Å². The lowest BCUT2D eigenvalue weighted by Crippen LogP contribution is -2.42. The van der Waals surface area contributed by atoms with Gasteiger partial charge in [-0.3, -0.25) is 9.59 Å². The van der Waals surface area contributed by atoms with Crippen molar-refractivity contribution in [2.45, 2.75) is 57.9 Å². The number of fused-ring (bicyclic) bond motifs is 2. The summed E-state index contributed by atoms with van der Waals surface area (Å²) in [5, 5.41) is 51.5. The average molecular weight is 978 g/mol. The number of nitrogens with one attached hydrogen (secondary N) is 1. The molecule has 2 amide bonds. The number of allylic oxidation sites excluding steroid dienone is 6. The molecule has 362 valence electrons. The molecule has 19 heteroatoms.